The van der Waals surface area contributed by atoms with E-state index in [1.54, 1.807) is 11.3 Å². The topological polar surface area (TPSA) is 37.8 Å². The molecule has 17 heavy (non-hydrogen) atoms. The lowest BCUT2D eigenvalue weighted by Crippen LogP contribution is -2.09. The Morgan fingerprint density at radius 1 is 1.18 bits per heavy atom. The lowest BCUT2D eigenvalue weighted by atomic mass is 10.1. The lowest BCUT2D eigenvalue weighted by Gasteiger charge is -1.97. The Morgan fingerprint density at radius 3 is 2.59 bits per heavy atom. The van der Waals surface area contributed by atoms with Gasteiger partial charge in [-0.2, -0.15) is 0 Å². The van der Waals surface area contributed by atoms with Gasteiger partial charge in [0.2, 0.25) is 0 Å². The average molecular weight is 247 g/mol. The van der Waals surface area contributed by atoms with Crippen molar-refractivity contribution >= 4 is 11.3 Å². The van der Waals surface area contributed by atoms with Crippen LogP contribution in [0.2, 0.25) is 0 Å². The zero-order chi connectivity index (χ0) is 12.1. The summed E-state index contributed by atoms with van der Waals surface area (Å²) in [5.74, 6) is 0. The van der Waals surface area contributed by atoms with Gasteiger partial charge in [-0.15, -0.1) is 10.2 Å². The number of rotatable bonds is 5. The van der Waals surface area contributed by atoms with Gasteiger partial charge in [-0.1, -0.05) is 42.5 Å². The first-order chi connectivity index (χ1) is 8.33. The summed E-state index contributed by atoms with van der Waals surface area (Å²) in [6, 6.07) is 8.57. The molecule has 1 aromatic carbocycles. The molecule has 2 aromatic rings. The van der Waals surface area contributed by atoms with Gasteiger partial charge < -0.3 is 5.32 Å². The molecule has 0 spiro atoms. The molecule has 0 fully saturated rings. The summed E-state index contributed by atoms with van der Waals surface area (Å²) in [4.78, 5) is 0. The highest BCUT2D eigenvalue weighted by molar-refractivity contribution is 7.14. The quantitative estimate of drug-likeness (QED) is 0.882. The average Bonchev–Trinajstić information content (AvgIpc) is 2.85. The van der Waals surface area contributed by atoms with E-state index in [-0.39, 0.29) is 0 Å². The van der Waals surface area contributed by atoms with Crippen molar-refractivity contribution in [3.05, 3.63) is 34.8 Å². The van der Waals surface area contributed by atoms with Crippen LogP contribution in [-0.2, 0) is 12.8 Å². The zero-order valence-electron chi connectivity index (χ0n) is 10.2. The molecule has 2 rings (SSSR count). The number of hydrogen-bond donors (Lipinski definition) is 1. The molecule has 0 aliphatic heterocycles. The molecule has 0 radical (unpaired) electrons. The summed E-state index contributed by atoms with van der Waals surface area (Å²) in [6.07, 6.45) is 2.02. The first-order valence-electron chi connectivity index (χ1n) is 5.89. The number of aryl methyl sites for hydroxylation is 1. The molecule has 0 aliphatic carbocycles. The molecule has 4 heteroatoms. The number of likely N-dealkylation sites (N-methyl/N-ethyl adjacent to an activating group) is 1. The van der Waals surface area contributed by atoms with Crippen molar-refractivity contribution in [2.75, 3.05) is 13.6 Å². The molecule has 90 valence electrons. The largest absolute Gasteiger partial charge is 0.319 e. The van der Waals surface area contributed by atoms with E-state index in [1.807, 2.05) is 7.05 Å². The molecular weight excluding hydrogens is 230 g/mol. The fraction of sp³-hybridized carbons (Fsp3) is 0.385. The highest BCUT2D eigenvalue weighted by Crippen LogP contribution is 2.23. The van der Waals surface area contributed by atoms with Gasteiger partial charge in [-0.05, 0) is 19.0 Å². The molecule has 1 heterocycles. The van der Waals surface area contributed by atoms with Crippen LogP contribution in [0.25, 0.3) is 10.6 Å². The maximum Gasteiger partial charge on any atom is 0.147 e. The predicted octanol–water partition coefficient (Wildman–Crippen LogP) is 2.53. The van der Waals surface area contributed by atoms with Crippen LogP contribution in [0.1, 0.15) is 17.5 Å². The smallest absolute Gasteiger partial charge is 0.147 e. The van der Waals surface area contributed by atoms with E-state index in [0.717, 1.165) is 35.0 Å². The van der Waals surface area contributed by atoms with Crippen LogP contribution in [0.4, 0.5) is 0 Å². The SMILES string of the molecule is CCc1ccc(-c2nnc(CCNC)s2)cc1. The summed E-state index contributed by atoms with van der Waals surface area (Å²) >= 11 is 1.68. The lowest BCUT2D eigenvalue weighted by molar-refractivity contribution is 0.779. The first kappa shape index (κ1) is 12.2. The van der Waals surface area contributed by atoms with Crippen molar-refractivity contribution in [2.24, 2.45) is 0 Å². The van der Waals surface area contributed by atoms with Crippen molar-refractivity contribution in [1.82, 2.24) is 15.5 Å². The third-order valence-corrected chi connectivity index (χ3v) is 3.70. The van der Waals surface area contributed by atoms with Crippen molar-refractivity contribution in [2.45, 2.75) is 19.8 Å². The molecule has 0 bridgehead atoms. The van der Waals surface area contributed by atoms with E-state index in [1.165, 1.54) is 5.56 Å². The van der Waals surface area contributed by atoms with E-state index < -0.39 is 0 Å². The Labute approximate surface area is 106 Å². The third kappa shape index (κ3) is 3.11. The molecule has 0 saturated heterocycles. The summed E-state index contributed by atoms with van der Waals surface area (Å²) in [7, 11) is 1.95. The van der Waals surface area contributed by atoms with Gasteiger partial charge in [0.1, 0.15) is 10.0 Å². The molecule has 0 atom stereocenters. The number of benzene rings is 1. The van der Waals surface area contributed by atoms with Crippen molar-refractivity contribution in [1.29, 1.82) is 0 Å². The summed E-state index contributed by atoms with van der Waals surface area (Å²) in [6.45, 7) is 3.11. The van der Waals surface area contributed by atoms with Gasteiger partial charge in [0, 0.05) is 18.5 Å². The molecular formula is C13H17N3S. The summed E-state index contributed by atoms with van der Waals surface area (Å²) in [5.41, 5.74) is 2.52. The van der Waals surface area contributed by atoms with Crippen molar-refractivity contribution < 1.29 is 0 Å². The fourth-order valence-electron chi connectivity index (χ4n) is 1.59. The minimum Gasteiger partial charge on any atom is -0.319 e. The molecule has 0 aliphatic rings. The predicted molar refractivity (Wildman–Crippen MR) is 72.4 cm³/mol. The fourth-order valence-corrected chi connectivity index (χ4v) is 2.43. The van der Waals surface area contributed by atoms with Crippen LogP contribution in [-0.4, -0.2) is 23.8 Å². The maximum absolute atomic E-state index is 4.24. The van der Waals surface area contributed by atoms with Gasteiger partial charge in [0.15, 0.2) is 0 Å². The van der Waals surface area contributed by atoms with E-state index in [9.17, 15) is 0 Å². The van der Waals surface area contributed by atoms with Crippen LogP contribution in [0, 0.1) is 0 Å². The van der Waals surface area contributed by atoms with E-state index in [2.05, 4.69) is 46.7 Å². The monoisotopic (exact) mass is 247 g/mol. The van der Waals surface area contributed by atoms with E-state index in [0.29, 0.717) is 0 Å². The Hall–Kier alpha value is -1.26. The molecule has 0 unspecified atom stereocenters. The second-order valence-electron chi connectivity index (χ2n) is 3.90. The second kappa shape index (κ2) is 5.89. The van der Waals surface area contributed by atoms with Gasteiger partial charge >= 0.3 is 0 Å². The Bertz CT molecular complexity index is 462. The van der Waals surface area contributed by atoms with Crippen LogP contribution < -0.4 is 5.32 Å². The van der Waals surface area contributed by atoms with Gasteiger partial charge in [-0.25, -0.2) is 0 Å². The molecule has 0 saturated carbocycles. The molecule has 1 aromatic heterocycles. The highest BCUT2D eigenvalue weighted by Gasteiger charge is 2.05. The minimum atomic E-state index is 0.946. The Balaban J connectivity index is 2.12. The van der Waals surface area contributed by atoms with E-state index in [4.69, 9.17) is 0 Å². The van der Waals surface area contributed by atoms with Crippen molar-refractivity contribution in [3.8, 4) is 10.6 Å². The molecule has 3 nitrogen and oxygen atoms in total. The summed E-state index contributed by atoms with van der Waals surface area (Å²) in [5, 5.41) is 13.7. The number of nitrogens with one attached hydrogen (secondary N) is 1. The van der Waals surface area contributed by atoms with Crippen LogP contribution in [0.15, 0.2) is 24.3 Å². The van der Waals surface area contributed by atoms with Crippen molar-refractivity contribution in [3.63, 3.8) is 0 Å². The second-order valence-corrected chi connectivity index (χ2v) is 4.97. The van der Waals surface area contributed by atoms with Crippen LogP contribution in [0.3, 0.4) is 0 Å². The molecule has 1 N–H and O–H groups in total. The van der Waals surface area contributed by atoms with E-state index >= 15 is 0 Å². The van der Waals surface area contributed by atoms with Gasteiger partial charge in [0.25, 0.3) is 0 Å². The van der Waals surface area contributed by atoms with Crippen LogP contribution in [0.5, 0.6) is 0 Å². The third-order valence-electron chi connectivity index (χ3n) is 2.66. The Kier molecular flexibility index (Phi) is 4.23. The summed E-state index contributed by atoms with van der Waals surface area (Å²) < 4.78 is 0. The van der Waals surface area contributed by atoms with Gasteiger partial charge in [0.05, 0.1) is 0 Å². The maximum atomic E-state index is 4.24. The standard InChI is InChI=1S/C13H17N3S/c1-3-10-4-6-11(7-5-10)13-16-15-12(17-13)8-9-14-2/h4-7,14H,3,8-9H2,1-2H3. The van der Waals surface area contributed by atoms with Gasteiger partial charge in [-0.3, -0.25) is 0 Å². The normalized spacial score (nSPS) is 10.7. The number of aromatic nitrogens is 2. The number of hydrogen-bond acceptors (Lipinski definition) is 4. The highest BCUT2D eigenvalue weighted by atomic mass is 32.1. The number of nitrogens with zero attached hydrogens (tertiary/aromatic N) is 2. The molecule has 0 amide bonds. The van der Waals surface area contributed by atoms with Crippen LogP contribution >= 0.6 is 11.3 Å². The minimum absolute atomic E-state index is 0.946. The Morgan fingerprint density at radius 2 is 1.94 bits per heavy atom. The zero-order valence-corrected chi connectivity index (χ0v) is 11.0. The first-order valence-corrected chi connectivity index (χ1v) is 6.71.